The zero-order valence-corrected chi connectivity index (χ0v) is 14.0. The number of hydrogen-bond acceptors (Lipinski definition) is 4. The van der Waals surface area contributed by atoms with Crippen LogP contribution in [0.4, 0.5) is 0 Å². The van der Waals surface area contributed by atoms with Crippen molar-refractivity contribution in [2.24, 2.45) is 0 Å². The maximum atomic E-state index is 12.6. The lowest BCUT2D eigenvalue weighted by molar-refractivity contribution is -0.119. The number of carbonyl (C=O) groups excluding carboxylic acids is 2. The van der Waals surface area contributed by atoms with E-state index in [9.17, 15) is 9.59 Å². The number of furan rings is 1. The molecule has 1 atom stereocenters. The Morgan fingerprint density at radius 1 is 1.42 bits per heavy atom. The molecular formula is C17H22N4O3. The van der Waals surface area contributed by atoms with Crippen LogP contribution < -0.4 is 5.32 Å². The summed E-state index contributed by atoms with van der Waals surface area (Å²) in [4.78, 5) is 25.4. The Labute approximate surface area is 140 Å². The molecule has 1 aliphatic heterocycles. The van der Waals surface area contributed by atoms with Crippen LogP contribution in [0.1, 0.15) is 47.7 Å². The van der Waals surface area contributed by atoms with Crippen molar-refractivity contribution in [1.82, 2.24) is 20.0 Å². The molecule has 7 heteroatoms. The molecule has 128 valence electrons. The Hall–Kier alpha value is -2.57. The van der Waals surface area contributed by atoms with Gasteiger partial charge in [-0.1, -0.05) is 0 Å². The lowest BCUT2D eigenvalue weighted by Crippen LogP contribution is -2.40. The number of nitrogens with zero attached hydrogens (tertiary/aromatic N) is 3. The van der Waals surface area contributed by atoms with Gasteiger partial charge in [-0.15, -0.1) is 0 Å². The van der Waals surface area contributed by atoms with E-state index >= 15 is 0 Å². The molecule has 3 rings (SSSR count). The minimum Gasteiger partial charge on any atom is -0.454 e. The number of aryl methyl sites for hydroxylation is 1. The van der Waals surface area contributed by atoms with Crippen molar-refractivity contribution in [3.63, 3.8) is 0 Å². The minimum absolute atomic E-state index is 0.113. The van der Waals surface area contributed by atoms with Gasteiger partial charge in [0.2, 0.25) is 5.91 Å². The molecule has 2 amide bonds. The third kappa shape index (κ3) is 3.67. The average Bonchev–Trinajstić information content (AvgIpc) is 3.21. The van der Waals surface area contributed by atoms with E-state index in [0.29, 0.717) is 18.1 Å². The van der Waals surface area contributed by atoms with Crippen molar-refractivity contribution >= 4 is 11.8 Å². The smallest absolute Gasteiger partial charge is 0.289 e. The molecule has 0 saturated carbocycles. The standard InChI is InChI=1S/C17H22N4O3/c1-12-8-19-21(10-12)14-4-3-7-20(11-14)17(23)16-6-5-15(24-16)9-18-13(2)22/h5-6,8,10,14H,3-4,7,9,11H2,1-2H3,(H,18,22)/t14-/m0/s1. The first-order valence-electron chi connectivity index (χ1n) is 8.16. The number of aromatic nitrogens is 2. The predicted molar refractivity (Wildman–Crippen MR) is 87.4 cm³/mol. The molecule has 0 unspecified atom stereocenters. The van der Waals surface area contributed by atoms with E-state index in [1.165, 1.54) is 6.92 Å². The molecule has 3 heterocycles. The summed E-state index contributed by atoms with van der Waals surface area (Å²) in [5, 5.41) is 7.02. The maximum absolute atomic E-state index is 12.6. The van der Waals surface area contributed by atoms with Crippen LogP contribution in [0.3, 0.4) is 0 Å². The van der Waals surface area contributed by atoms with Gasteiger partial charge in [0.15, 0.2) is 5.76 Å². The van der Waals surface area contributed by atoms with Gasteiger partial charge >= 0.3 is 0 Å². The van der Waals surface area contributed by atoms with Crippen LogP contribution in [-0.4, -0.2) is 39.6 Å². The summed E-state index contributed by atoms with van der Waals surface area (Å²) in [5.74, 6) is 0.641. The monoisotopic (exact) mass is 330 g/mol. The highest BCUT2D eigenvalue weighted by Crippen LogP contribution is 2.23. The van der Waals surface area contributed by atoms with Crippen molar-refractivity contribution in [2.75, 3.05) is 13.1 Å². The summed E-state index contributed by atoms with van der Waals surface area (Å²) in [6.07, 6.45) is 5.80. The van der Waals surface area contributed by atoms with E-state index in [-0.39, 0.29) is 24.4 Å². The highest BCUT2D eigenvalue weighted by atomic mass is 16.4. The fourth-order valence-corrected chi connectivity index (χ4v) is 2.94. The summed E-state index contributed by atoms with van der Waals surface area (Å²) < 4.78 is 7.51. The molecule has 0 aliphatic carbocycles. The third-order valence-corrected chi connectivity index (χ3v) is 4.17. The summed E-state index contributed by atoms with van der Waals surface area (Å²) in [6, 6.07) is 3.59. The summed E-state index contributed by atoms with van der Waals surface area (Å²) in [5.41, 5.74) is 1.12. The second-order valence-electron chi connectivity index (χ2n) is 6.22. The molecule has 1 aliphatic rings. The van der Waals surface area contributed by atoms with Gasteiger partial charge in [-0.05, 0) is 37.5 Å². The first-order valence-corrected chi connectivity index (χ1v) is 8.16. The number of nitrogens with one attached hydrogen (secondary N) is 1. The van der Waals surface area contributed by atoms with Crippen LogP contribution in [0.5, 0.6) is 0 Å². The molecule has 0 bridgehead atoms. The quantitative estimate of drug-likeness (QED) is 0.928. The summed E-state index contributed by atoms with van der Waals surface area (Å²) in [6.45, 7) is 5.09. The van der Waals surface area contributed by atoms with E-state index in [4.69, 9.17) is 4.42 Å². The van der Waals surface area contributed by atoms with Crippen molar-refractivity contribution in [1.29, 1.82) is 0 Å². The number of amides is 2. The Morgan fingerprint density at radius 3 is 2.96 bits per heavy atom. The molecule has 1 N–H and O–H groups in total. The number of piperidine rings is 1. The fourth-order valence-electron chi connectivity index (χ4n) is 2.94. The van der Waals surface area contributed by atoms with Gasteiger partial charge in [0.25, 0.3) is 5.91 Å². The molecule has 1 fully saturated rings. The van der Waals surface area contributed by atoms with E-state index in [1.807, 2.05) is 28.9 Å². The number of hydrogen-bond donors (Lipinski definition) is 1. The maximum Gasteiger partial charge on any atom is 0.289 e. The van der Waals surface area contributed by atoms with Gasteiger partial charge in [-0.3, -0.25) is 14.3 Å². The SMILES string of the molecule is CC(=O)NCc1ccc(C(=O)N2CCC[C@H](n3cc(C)cn3)C2)o1. The van der Waals surface area contributed by atoms with Crippen LogP contribution in [-0.2, 0) is 11.3 Å². The van der Waals surface area contributed by atoms with Gasteiger partial charge in [-0.25, -0.2) is 0 Å². The predicted octanol–water partition coefficient (Wildman–Crippen LogP) is 1.90. The Morgan fingerprint density at radius 2 is 2.25 bits per heavy atom. The number of carbonyl (C=O) groups is 2. The zero-order valence-electron chi connectivity index (χ0n) is 14.0. The lowest BCUT2D eigenvalue weighted by atomic mass is 10.1. The highest BCUT2D eigenvalue weighted by molar-refractivity contribution is 5.91. The Kier molecular flexibility index (Phi) is 4.69. The average molecular weight is 330 g/mol. The minimum atomic E-state index is -0.132. The highest BCUT2D eigenvalue weighted by Gasteiger charge is 2.27. The third-order valence-electron chi connectivity index (χ3n) is 4.17. The number of likely N-dealkylation sites (tertiary alicyclic amines) is 1. The first-order chi connectivity index (χ1) is 11.5. The molecule has 1 saturated heterocycles. The Bertz CT molecular complexity index is 734. The zero-order chi connectivity index (χ0) is 17.1. The topological polar surface area (TPSA) is 80.4 Å². The van der Waals surface area contributed by atoms with Gasteiger partial charge in [-0.2, -0.15) is 5.10 Å². The van der Waals surface area contributed by atoms with E-state index < -0.39 is 0 Å². The molecule has 2 aromatic heterocycles. The molecule has 7 nitrogen and oxygen atoms in total. The van der Waals surface area contributed by atoms with Crippen LogP contribution in [0.2, 0.25) is 0 Å². The van der Waals surface area contributed by atoms with Crippen LogP contribution in [0.15, 0.2) is 28.9 Å². The van der Waals surface area contributed by atoms with Crippen molar-refractivity contribution < 1.29 is 14.0 Å². The largest absolute Gasteiger partial charge is 0.454 e. The van der Waals surface area contributed by atoms with Crippen LogP contribution >= 0.6 is 0 Å². The first kappa shape index (κ1) is 16.3. The molecule has 0 spiro atoms. The molecule has 2 aromatic rings. The lowest BCUT2D eigenvalue weighted by Gasteiger charge is -2.32. The van der Waals surface area contributed by atoms with Gasteiger partial charge in [0, 0.05) is 26.2 Å². The molecule has 0 aromatic carbocycles. The van der Waals surface area contributed by atoms with Crippen LogP contribution in [0.25, 0.3) is 0 Å². The van der Waals surface area contributed by atoms with Crippen molar-refractivity contribution in [3.05, 3.63) is 41.6 Å². The van der Waals surface area contributed by atoms with Crippen molar-refractivity contribution in [2.45, 2.75) is 39.3 Å². The van der Waals surface area contributed by atoms with E-state index in [1.54, 1.807) is 12.1 Å². The van der Waals surface area contributed by atoms with Gasteiger partial charge < -0.3 is 14.6 Å². The second kappa shape index (κ2) is 6.90. The number of rotatable bonds is 4. The second-order valence-corrected chi connectivity index (χ2v) is 6.22. The van der Waals surface area contributed by atoms with Gasteiger partial charge in [0.05, 0.1) is 18.8 Å². The summed E-state index contributed by atoms with van der Waals surface area (Å²) in [7, 11) is 0. The molecule has 0 radical (unpaired) electrons. The fraction of sp³-hybridized carbons (Fsp3) is 0.471. The van der Waals surface area contributed by atoms with E-state index in [0.717, 1.165) is 24.9 Å². The molecule has 24 heavy (non-hydrogen) atoms. The summed E-state index contributed by atoms with van der Waals surface area (Å²) >= 11 is 0. The van der Waals surface area contributed by atoms with Gasteiger partial charge in [0.1, 0.15) is 5.76 Å². The normalized spacial score (nSPS) is 17.8. The Balaban J connectivity index is 1.65. The molecular weight excluding hydrogens is 308 g/mol. The van der Waals surface area contributed by atoms with E-state index in [2.05, 4.69) is 10.4 Å². The van der Waals surface area contributed by atoms with Crippen LogP contribution in [0, 0.1) is 6.92 Å². The van der Waals surface area contributed by atoms with Crippen molar-refractivity contribution in [3.8, 4) is 0 Å².